The number of hydrogen-bond acceptors (Lipinski definition) is 4. The molecule has 2 rings (SSSR count). The van der Waals surface area contributed by atoms with Crippen molar-refractivity contribution in [3.8, 4) is 11.5 Å². The lowest BCUT2D eigenvalue weighted by molar-refractivity contribution is -0.121. The van der Waals surface area contributed by atoms with Gasteiger partial charge in [0.1, 0.15) is 11.5 Å². The molecule has 2 aromatic rings. The van der Waals surface area contributed by atoms with Crippen LogP contribution in [0.5, 0.6) is 11.5 Å². The van der Waals surface area contributed by atoms with Crippen LogP contribution < -0.4 is 14.8 Å². The van der Waals surface area contributed by atoms with Gasteiger partial charge in [-0.1, -0.05) is 0 Å². The fourth-order valence-corrected chi connectivity index (χ4v) is 2.30. The Bertz CT molecular complexity index is 630. The Kier molecular flexibility index (Phi) is 6.02. The van der Waals surface area contributed by atoms with E-state index in [4.69, 9.17) is 9.47 Å². The Morgan fingerprint density at radius 1 is 1.13 bits per heavy atom. The number of aromatic nitrogens is 2. The summed E-state index contributed by atoms with van der Waals surface area (Å²) in [4.78, 5) is 11.9. The molecule has 1 aromatic carbocycles. The van der Waals surface area contributed by atoms with E-state index in [0.717, 1.165) is 29.0 Å². The zero-order chi connectivity index (χ0) is 16.7. The molecule has 1 amide bonds. The molecule has 0 radical (unpaired) electrons. The molecule has 0 unspecified atom stereocenters. The number of aryl methyl sites for hydroxylation is 2. The maximum absolute atomic E-state index is 11.9. The summed E-state index contributed by atoms with van der Waals surface area (Å²) in [7, 11) is 5.11. The van der Waals surface area contributed by atoms with Crippen LogP contribution in [0.4, 0.5) is 0 Å². The van der Waals surface area contributed by atoms with E-state index in [1.807, 2.05) is 37.6 Å². The number of amides is 1. The van der Waals surface area contributed by atoms with Gasteiger partial charge in [0.25, 0.3) is 0 Å². The van der Waals surface area contributed by atoms with Crippen molar-refractivity contribution in [2.24, 2.45) is 7.05 Å². The molecule has 6 heteroatoms. The van der Waals surface area contributed by atoms with E-state index >= 15 is 0 Å². The fourth-order valence-electron chi connectivity index (χ4n) is 2.30. The van der Waals surface area contributed by atoms with Gasteiger partial charge in [-0.25, -0.2) is 0 Å². The standard InChI is InChI=1S/C17H23N3O3/c1-20-12-14(11-19-20)6-7-18-17(21)5-4-13-8-15(22-2)10-16(9-13)23-3/h8-12H,4-7H2,1-3H3,(H,18,21). The minimum Gasteiger partial charge on any atom is -0.497 e. The number of hydrogen-bond donors (Lipinski definition) is 1. The molecule has 0 aliphatic carbocycles. The summed E-state index contributed by atoms with van der Waals surface area (Å²) in [5.74, 6) is 1.50. The molecular weight excluding hydrogens is 294 g/mol. The monoisotopic (exact) mass is 317 g/mol. The van der Waals surface area contributed by atoms with Crippen LogP contribution in [0, 0.1) is 0 Å². The van der Waals surface area contributed by atoms with Crippen LogP contribution in [0.15, 0.2) is 30.6 Å². The molecule has 124 valence electrons. The van der Waals surface area contributed by atoms with E-state index in [0.29, 0.717) is 19.4 Å². The lowest BCUT2D eigenvalue weighted by Gasteiger charge is -2.09. The second-order valence-electron chi connectivity index (χ2n) is 5.34. The Labute approximate surface area is 136 Å². The van der Waals surface area contributed by atoms with Crippen molar-refractivity contribution in [3.05, 3.63) is 41.7 Å². The van der Waals surface area contributed by atoms with Gasteiger partial charge in [-0.2, -0.15) is 5.10 Å². The molecule has 1 heterocycles. The van der Waals surface area contributed by atoms with Gasteiger partial charge < -0.3 is 14.8 Å². The van der Waals surface area contributed by atoms with Gasteiger partial charge >= 0.3 is 0 Å². The van der Waals surface area contributed by atoms with E-state index in [1.165, 1.54) is 0 Å². The number of benzene rings is 1. The van der Waals surface area contributed by atoms with E-state index in [2.05, 4.69) is 10.4 Å². The third kappa shape index (κ3) is 5.32. The summed E-state index contributed by atoms with van der Waals surface area (Å²) in [6.07, 6.45) is 5.63. The first-order valence-electron chi connectivity index (χ1n) is 7.57. The highest BCUT2D eigenvalue weighted by Crippen LogP contribution is 2.23. The Morgan fingerprint density at radius 3 is 2.39 bits per heavy atom. The summed E-state index contributed by atoms with van der Waals surface area (Å²) < 4.78 is 12.2. The topological polar surface area (TPSA) is 65.4 Å². The predicted octanol–water partition coefficient (Wildman–Crippen LogP) is 1.73. The first kappa shape index (κ1) is 16.9. The van der Waals surface area contributed by atoms with E-state index in [-0.39, 0.29) is 5.91 Å². The number of ether oxygens (including phenoxy) is 2. The largest absolute Gasteiger partial charge is 0.497 e. The molecule has 0 aliphatic heterocycles. The van der Waals surface area contributed by atoms with Crippen LogP contribution in [0.2, 0.25) is 0 Å². The van der Waals surface area contributed by atoms with Crippen molar-refractivity contribution in [2.45, 2.75) is 19.3 Å². The van der Waals surface area contributed by atoms with Gasteiger partial charge in [0, 0.05) is 32.3 Å². The van der Waals surface area contributed by atoms with E-state index in [1.54, 1.807) is 18.9 Å². The smallest absolute Gasteiger partial charge is 0.220 e. The van der Waals surface area contributed by atoms with Crippen molar-refractivity contribution in [1.29, 1.82) is 0 Å². The molecule has 0 spiro atoms. The SMILES string of the molecule is COc1cc(CCC(=O)NCCc2cnn(C)c2)cc(OC)c1. The molecule has 0 saturated heterocycles. The number of methoxy groups -OCH3 is 2. The third-order valence-electron chi connectivity index (χ3n) is 3.55. The number of carbonyl (C=O) groups is 1. The lowest BCUT2D eigenvalue weighted by atomic mass is 10.1. The molecule has 0 atom stereocenters. The summed E-state index contributed by atoms with van der Waals surface area (Å²) in [6, 6.07) is 5.66. The summed E-state index contributed by atoms with van der Waals surface area (Å²) in [6.45, 7) is 0.617. The van der Waals surface area contributed by atoms with Crippen LogP contribution in [-0.4, -0.2) is 36.5 Å². The van der Waals surface area contributed by atoms with Crippen molar-refractivity contribution < 1.29 is 14.3 Å². The average Bonchev–Trinajstić information content (AvgIpc) is 2.97. The van der Waals surface area contributed by atoms with Gasteiger partial charge in [0.05, 0.1) is 20.4 Å². The van der Waals surface area contributed by atoms with Gasteiger partial charge in [-0.15, -0.1) is 0 Å². The molecule has 0 fully saturated rings. The van der Waals surface area contributed by atoms with Crippen LogP contribution >= 0.6 is 0 Å². The summed E-state index contributed by atoms with van der Waals surface area (Å²) >= 11 is 0. The second-order valence-corrected chi connectivity index (χ2v) is 5.34. The molecule has 1 N–H and O–H groups in total. The van der Waals surface area contributed by atoms with Gasteiger partial charge in [-0.05, 0) is 36.1 Å². The quantitative estimate of drug-likeness (QED) is 0.805. The zero-order valence-corrected chi connectivity index (χ0v) is 13.8. The maximum atomic E-state index is 11.9. The summed E-state index contributed by atoms with van der Waals surface area (Å²) in [5.41, 5.74) is 2.13. The Morgan fingerprint density at radius 2 is 1.83 bits per heavy atom. The summed E-state index contributed by atoms with van der Waals surface area (Å²) in [5, 5.41) is 7.03. The van der Waals surface area contributed by atoms with Crippen LogP contribution in [-0.2, 0) is 24.7 Å². The molecule has 6 nitrogen and oxygen atoms in total. The van der Waals surface area contributed by atoms with Crippen LogP contribution in [0.1, 0.15) is 17.5 Å². The maximum Gasteiger partial charge on any atom is 0.220 e. The number of carbonyl (C=O) groups excluding carboxylic acids is 1. The van der Waals surface area contributed by atoms with Gasteiger partial charge in [0.15, 0.2) is 0 Å². The Balaban J connectivity index is 1.77. The average molecular weight is 317 g/mol. The van der Waals surface area contributed by atoms with E-state index < -0.39 is 0 Å². The molecular formula is C17H23N3O3. The first-order chi connectivity index (χ1) is 11.1. The molecule has 1 aromatic heterocycles. The fraction of sp³-hybridized carbons (Fsp3) is 0.412. The molecule has 0 bridgehead atoms. The Hall–Kier alpha value is -2.50. The number of rotatable bonds is 8. The van der Waals surface area contributed by atoms with Gasteiger partial charge in [-0.3, -0.25) is 9.48 Å². The van der Waals surface area contributed by atoms with Gasteiger partial charge in [0.2, 0.25) is 5.91 Å². The second kappa shape index (κ2) is 8.22. The molecule has 23 heavy (non-hydrogen) atoms. The van der Waals surface area contributed by atoms with Crippen LogP contribution in [0.3, 0.4) is 0 Å². The van der Waals surface area contributed by atoms with Crippen molar-refractivity contribution in [3.63, 3.8) is 0 Å². The normalized spacial score (nSPS) is 10.4. The first-order valence-corrected chi connectivity index (χ1v) is 7.57. The van der Waals surface area contributed by atoms with Crippen molar-refractivity contribution in [2.75, 3.05) is 20.8 Å². The van der Waals surface area contributed by atoms with Crippen LogP contribution in [0.25, 0.3) is 0 Å². The zero-order valence-electron chi connectivity index (χ0n) is 13.8. The highest BCUT2D eigenvalue weighted by atomic mass is 16.5. The third-order valence-corrected chi connectivity index (χ3v) is 3.55. The minimum atomic E-state index is 0.0377. The highest BCUT2D eigenvalue weighted by Gasteiger charge is 2.06. The molecule has 0 saturated carbocycles. The number of nitrogens with zero attached hydrogens (tertiary/aromatic N) is 2. The number of nitrogens with one attached hydrogen (secondary N) is 1. The minimum absolute atomic E-state index is 0.0377. The highest BCUT2D eigenvalue weighted by molar-refractivity contribution is 5.76. The van der Waals surface area contributed by atoms with Crippen molar-refractivity contribution >= 4 is 5.91 Å². The van der Waals surface area contributed by atoms with Crippen molar-refractivity contribution in [1.82, 2.24) is 15.1 Å². The predicted molar refractivity (Wildman–Crippen MR) is 87.8 cm³/mol. The lowest BCUT2D eigenvalue weighted by Crippen LogP contribution is -2.25. The molecule has 0 aliphatic rings. The van der Waals surface area contributed by atoms with E-state index in [9.17, 15) is 4.79 Å².